The lowest BCUT2D eigenvalue weighted by Gasteiger charge is -2.30. The molecule has 4 atom stereocenters. The Morgan fingerprint density at radius 2 is 1.66 bits per heavy atom. The van der Waals surface area contributed by atoms with Crippen LogP contribution in [0.1, 0.15) is 123 Å². The van der Waals surface area contributed by atoms with E-state index in [4.69, 9.17) is 9.47 Å². The fourth-order valence-electron chi connectivity index (χ4n) is 4.36. The van der Waals surface area contributed by atoms with Gasteiger partial charge in [-0.3, -0.25) is 4.79 Å². The molecule has 3 unspecified atom stereocenters. The van der Waals surface area contributed by atoms with Gasteiger partial charge in [0.25, 0.3) is 0 Å². The van der Waals surface area contributed by atoms with Crippen LogP contribution in [0, 0.1) is 5.92 Å². The van der Waals surface area contributed by atoms with Crippen LogP contribution < -0.4 is 0 Å². The van der Waals surface area contributed by atoms with Gasteiger partial charge in [-0.1, -0.05) is 77.4 Å². The summed E-state index contributed by atoms with van der Waals surface area (Å²) in [5.41, 5.74) is 0. The van der Waals surface area contributed by atoms with E-state index in [0.717, 1.165) is 64.2 Å². The first-order valence-corrected chi connectivity index (χ1v) is 13.4. The Balaban J connectivity index is 2.50. The lowest BCUT2D eigenvalue weighted by atomic mass is 9.91. The predicted octanol–water partition coefficient (Wildman–Crippen LogP) is 7.02. The van der Waals surface area contributed by atoms with E-state index in [-0.39, 0.29) is 12.4 Å². The van der Waals surface area contributed by atoms with Crippen LogP contribution in [0.25, 0.3) is 0 Å². The van der Waals surface area contributed by atoms with E-state index in [1.807, 2.05) is 0 Å². The molecule has 5 heteroatoms. The molecule has 2 N–H and O–H groups in total. The van der Waals surface area contributed by atoms with Crippen molar-refractivity contribution in [3.8, 4) is 0 Å². The first kappa shape index (κ1) is 29.1. The third-order valence-electron chi connectivity index (χ3n) is 6.43. The number of allylic oxidation sites excluding steroid dienone is 2. The van der Waals surface area contributed by atoms with Gasteiger partial charge >= 0.3 is 5.97 Å². The number of carboxylic acid groups (broad SMARTS) is 1. The van der Waals surface area contributed by atoms with Crippen LogP contribution in [0.5, 0.6) is 0 Å². The first-order valence-electron chi connectivity index (χ1n) is 13.4. The van der Waals surface area contributed by atoms with Crippen LogP contribution in [-0.4, -0.2) is 41.3 Å². The van der Waals surface area contributed by atoms with Gasteiger partial charge in [0.2, 0.25) is 0 Å². The molecule has 0 aromatic heterocycles. The standard InChI is InChI=1S/C27H50O5/c1-3-5-7-9-10-11-12-13-14-18-23(32-26-20-16-17-21-31-26)22-25(28)24(27(29)30)19-15-8-6-4-2/h12-13,23-26,28H,3-11,14-22H2,1-2H3,(H,29,30)/b13-12-/t23-,24?,25?,26?/m1/s1. The Bertz CT molecular complexity index is 473. The number of carbonyl (C=O) groups is 1. The molecule has 0 bridgehead atoms. The molecule has 32 heavy (non-hydrogen) atoms. The molecule has 0 aromatic rings. The monoisotopic (exact) mass is 454 g/mol. The molecule has 1 aliphatic rings. The van der Waals surface area contributed by atoms with Gasteiger partial charge in [0, 0.05) is 13.0 Å². The highest BCUT2D eigenvalue weighted by Gasteiger charge is 2.30. The second-order valence-corrected chi connectivity index (χ2v) is 9.40. The normalized spacial score (nSPS) is 19.8. The molecule has 1 aliphatic heterocycles. The summed E-state index contributed by atoms with van der Waals surface area (Å²) in [6.07, 6.45) is 20.4. The number of aliphatic carboxylic acids is 1. The van der Waals surface area contributed by atoms with Crippen molar-refractivity contribution in [1.82, 2.24) is 0 Å². The average molecular weight is 455 g/mol. The fraction of sp³-hybridized carbons (Fsp3) is 0.889. The Kier molecular flexibility index (Phi) is 17.8. The summed E-state index contributed by atoms with van der Waals surface area (Å²) in [5.74, 6) is -1.62. The molecule has 0 aromatic carbocycles. The van der Waals surface area contributed by atoms with Crippen molar-refractivity contribution in [1.29, 1.82) is 0 Å². The van der Waals surface area contributed by atoms with Crippen molar-refractivity contribution >= 4 is 5.97 Å². The van der Waals surface area contributed by atoms with Crippen LogP contribution in [0.4, 0.5) is 0 Å². The molecule has 0 saturated carbocycles. The number of unbranched alkanes of at least 4 members (excludes halogenated alkanes) is 8. The molecule has 0 spiro atoms. The van der Waals surface area contributed by atoms with E-state index < -0.39 is 18.0 Å². The minimum atomic E-state index is -0.898. The maximum absolute atomic E-state index is 11.8. The summed E-state index contributed by atoms with van der Waals surface area (Å²) in [5, 5.41) is 20.4. The zero-order valence-corrected chi connectivity index (χ0v) is 20.8. The van der Waals surface area contributed by atoms with Crippen molar-refractivity contribution in [2.24, 2.45) is 5.92 Å². The zero-order valence-electron chi connectivity index (χ0n) is 20.8. The first-order chi connectivity index (χ1) is 15.6. The lowest BCUT2D eigenvalue weighted by Crippen LogP contribution is -2.35. The van der Waals surface area contributed by atoms with Crippen molar-refractivity contribution < 1.29 is 24.5 Å². The number of aliphatic hydroxyl groups excluding tert-OH is 1. The van der Waals surface area contributed by atoms with E-state index in [9.17, 15) is 15.0 Å². The molecular weight excluding hydrogens is 404 g/mol. The van der Waals surface area contributed by atoms with Crippen LogP contribution >= 0.6 is 0 Å². The summed E-state index contributed by atoms with van der Waals surface area (Å²) in [7, 11) is 0. The Labute approximate surface area is 197 Å². The van der Waals surface area contributed by atoms with Crippen molar-refractivity contribution in [3.05, 3.63) is 12.2 Å². The quantitative estimate of drug-likeness (QED) is 0.153. The van der Waals surface area contributed by atoms with Crippen LogP contribution in [-0.2, 0) is 14.3 Å². The van der Waals surface area contributed by atoms with E-state index >= 15 is 0 Å². The van der Waals surface area contributed by atoms with Gasteiger partial charge in [-0.05, 0) is 51.4 Å². The van der Waals surface area contributed by atoms with Gasteiger partial charge < -0.3 is 19.7 Å². The number of rotatable bonds is 20. The third kappa shape index (κ3) is 14.3. The van der Waals surface area contributed by atoms with Crippen LogP contribution in [0.15, 0.2) is 12.2 Å². The van der Waals surface area contributed by atoms with Crippen molar-refractivity contribution in [3.63, 3.8) is 0 Å². The molecule has 1 saturated heterocycles. The molecule has 0 aliphatic carbocycles. The van der Waals surface area contributed by atoms with Crippen molar-refractivity contribution in [2.75, 3.05) is 6.61 Å². The minimum absolute atomic E-state index is 0.181. The van der Waals surface area contributed by atoms with Crippen molar-refractivity contribution in [2.45, 2.75) is 141 Å². The summed E-state index contributed by atoms with van der Waals surface area (Å²) < 4.78 is 11.9. The molecule has 1 rings (SSSR count). The number of carboxylic acids is 1. The summed E-state index contributed by atoms with van der Waals surface area (Å²) in [4.78, 5) is 11.8. The fourth-order valence-corrected chi connectivity index (χ4v) is 4.36. The Morgan fingerprint density at radius 1 is 0.969 bits per heavy atom. The molecule has 1 heterocycles. The van der Waals surface area contributed by atoms with E-state index in [1.165, 1.54) is 32.1 Å². The van der Waals surface area contributed by atoms with Gasteiger partial charge in [-0.2, -0.15) is 0 Å². The van der Waals surface area contributed by atoms with E-state index in [1.54, 1.807) is 0 Å². The van der Waals surface area contributed by atoms with E-state index in [0.29, 0.717) is 19.4 Å². The lowest BCUT2D eigenvalue weighted by molar-refractivity contribution is -0.195. The summed E-state index contributed by atoms with van der Waals surface area (Å²) >= 11 is 0. The highest BCUT2D eigenvalue weighted by Crippen LogP contribution is 2.24. The zero-order chi connectivity index (χ0) is 23.4. The molecule has 5 nitrogen and oxygen atoms in total. The SMILES string of the molecule is CCCCCCC/C=C\CC[C@H](CC(O)C(CCCCCC)C(=O)O)OC1CCCCO1. The van der Waals surface area contributed by atoms with Gasteiger partial charge in [-0.15, -0.1) is 0 Å². The number of aliphatic hydroxyl groups is 1. The van der Waals surface area contributed by atoms with Gasteiger partial charge in [0.1, 0.15) is 0 Å². The second kappa shape index (κ2) is 19.5. The smallest absolute Gasteiger partial charge is 0.309 e. The molecular formula is C27H50O5. The van der Waals surface area contributed by atoms with Gasteiger partial charge in [0.15, 0.2) is 6.29 Å². The van der Waals surface area contributed by atoms with Crippen LogP contribution in [0.3, 0.4) is 0 Å². The third-order valence-corrected chi connectivity index (χ3v) is 6.43. The topological polar surface area (TPSA) is 76.0 Å². The molecule has 0 radical (unpaired) electrons. The maximum atomic E-state index is 11.8. The summed E-state index contributed by atoms with van der Waals surface area (Å²) in [6, 6.07) is 0. The molecule has 1 fully saturated rings. The summed E-state index contributed by atoms with van der Waals surface area (Å²) in [6.45, 7) is 5.09. The van der Waals surface area contributed by atoms with Gasteiger partial charge in [0.05, 0.1) is 18.1 Å². The highest BCUT2D eigenvalue weighted by atomic mass is 16.7. The Morgan fingerprint density at radius 3 is 2.31 bits per heavy atom. The Hall–Kier alpha value is -0.910. The number of hydrogen-bond acceptors (Lipinski definition) is 4. The van der Waals surface area contributed by atoms with Crippen LogP contribution in [0.2, 0.25) is 0 Å². The highest BCUT2D eigenvalue weighted by molar-refractivity contribution is 5.70. The maximum Gasteiger partial charge on any atom is 0.309 e. The average Bonchev–Trinajstić information content (AvgIpc) is 2.78. The molecule has 188 valence electrons. The second-order valence-electron chi connectivity index (χ2n) is 9.40. The number of ether oxygens (including phenoxy) is 2. The molecule has 0 amide bonds. The largest absolute Gasteiger partial charge is 0.481 e. The predicted molar refractivity (Wildman–Crippen MR) is 131 cm³/mol. The van der Waals surface area contributed by atoms with Gasteiger partial charge in [-0.25, -0.2) is 0 Å². The minimum Gasteiger partial charge on any atom is -0.481 e. The number of hydrogen-bond donors (Lipinski definition) is 2. The van der Waals surface area contributed by atoms with E-state index in [2.05, 4.69) is 26.0 Å².